The Balaban J connectivity index is 1.74. The molecular formula is C27H21BrClN3O. The molecule has 6 heteroatoms. The van der Waals surface area contributed by atoms with Crippen molar-refractivity contribution in [2.24, 2.45) is 0 Å². The Morgan fingerprint density at radius 2 is 1.85 bits per heavy atom. The number of nitrogens with zero attached hydrogens (tertiary/aromatic N) is 2. The fourth-order valence-corrected chi connectivity index (χ4v) is 4.26. The third-order valence-electron chi connectivity index (χ3n) is 5.64. The highest BCUT2D eigenvalue weighted by Gasteiger charge is 2.17. The van der Waals surface area contributed by atoms with Crippen molar-refractivity contribution < 1.29 is 4.79 Å². The maximum atomic E-state index is 12.9. The first-order chi connectivity index (χ1) is 15.9. The van der Waals surface area contributed by atoms with Crippen LogP contribution < -0.4 is 5.32 Å². The summed E-state index contributed by atoms with van der Waals surface area (Å²) < 4.78 is 3.24. The summed E-state index contributed by atoms with van der Waals surface area (Å²) in [4.78, 5) is 12.9. The van der Waals surface area contributed by atoms with Gasteiger partial charge < -0.3 is 9.88 Å². The lowest BCUT2D eigenvalue weighted by Crippen LogP contribution is -2.14. The fourth-order valence-electron chi connectivity index (χ4n) is 3.83. The normalized spacial score (nSPS) is 11.4. The Kier molecular flexibility index (Phi) is 6.69. The zero-order valence-corrected chi connectivity index (χ0v) is 20.5. The van der Waals surface area contributed by atoms with E-state index in [0.29, 0.717) is 17.3 Å². The molecular weight excluding hydrogens is 498 g/mol. The van der Waals surface area contributed by atoms with Gasteiger partial charge in [-0.25, -0.2) is 0 Å². The van der Waals surface area contributed by atoms with Crippen LogP contribution in [0.4, 0.5) is 5.69 Å². The second-order valence-corrected chi connectivity index (χ2v) is 9.16. The number of carbonyl (C=O) groups is 1. The third kappa shape index (κ3) is 4.88. The number of rotatable bonds is 5. The molecule has 0 fully saturated rings. The van der Waals surface area contributed by atoms with Gasteiger partial charge in [-0.15, -0.1) is 0 Å². The van der Waals surface area contributed by atoms with Gasteiger partial charge in [0.25, 0.3) is 5.91 Å². The summed E-state index contributed by atoms with van der Waals surface area (Å²) in [5, 5.41) is 14.1. The quantitative estimate of drug-likeness (QED) is 0.223. The van der Waals surface area contributed by atoms with Gasteiger partial charge in [0.2, 0.25) is 0 Å². The molecule has 164 valence electrons. The number of aryl methyl sites for hydroxylation is 1. The van der Waals surface area contributed by atoms with Crippen molar-refractivity contribution in [3.63, 3.8) is 0 Å². The van der Waals surface area contributed by atoms with Crippen molar-refractivity contribution in [2.45, 2.75) is 20.4 Å². The summed E-state index contributed by atoms with van der Waals surface area (Å²) in [6.45, 7) is 4.57. The van der Waals surface area contributed by atoms with Crippen LogP contribution >= 0.6 is 27.5 Å². The van der Waals surface area contributed by atoms with Crippen LogP contribution in [0.1, 0.15) is 22.4 Å². The second-order valence-electron chi connectivity index (χ2n) is 7.81. The second kappa shape index (κ2) is 9.66. The van der Waals surface area contributed by atoms with Crippen LogP contribution in [0.5, 0.6) is 0 Å². The monoisotopic (exact) mass is 517 g/mol. The molecule has 4 rings (SSSR count). The molecule has 1 heterocycles. The molecule has 4 aromatic rings. The summed E-state index contributed by atoms with van der Waals surface area (Å²) >= 11 is 9.55. The minimum Gasteiger partial charge on any atom is -0.340 e. The van der Waals surface area contributed by atoms with Gasteiger partial charge in [0.05, 0.1) is 0 Å². The number of anilines is 1. The predicted molar refractivity (Wildman–Crippen MR) is 138 cm³/mol. The van der Waals surface area contributed by atoms with E-state index in [1.165, 1.54) is 0 Å². The van der Waals surface area contributed by atoms with Gasteiger partial charge in [0, 0.05) is 43.9 Å². The first-order valence-corrected chi connectivity index (χ1v) is 11.6. The van der Waals surface area contributed by atoms with Crippen LogP contribution in [0.3, 0.4) is 0 Å². The average molecular weight is 519 g/mol. The molecule has 1 aromatic heterocycles. The minimum absolute atomic E-state index is 0.0315. The van der Waals surface area contributed by atoms with Crippen molar-refractivity contribution in [1.29, 1.82) is 5.26 Å². The summed E-state index contributed by atoms with van der Waals surface area (Å²) in [5.41, 5.74) is 5.54. The van der Waals surface area contributed by atoms with E-state index in [9.17, 15) is 10.1 Å². The van der Waals surface area contributed by atoms with Gasteiger partial charge in [0.15, 0.2) is 0 Å². The van der Waals surface area contributed by atoms with Crippen LogP contribution in [-0.4, -0.2) is 10.5 Å². The predicted octanol–water partition coefficient (Wildman–Crippen LogP) is 7.27. The van der Waals surface area contributed by atoms with Gasteiger partial charge in [-0.05, 0) is 61.4 Å². The number of halogens is 2. The van der Waals surface area contributed by atoms with Gasteiger partial charge in [-0.2, -0.15) is 5.26 Å². The Labute approximate surface area is 206 Å². The average Bonchev–Trinajstić information content (AvgIpc) is 3.06. The molecule has 3 aromatic carbocycles. The minimum atomic E-state index is -0.466. The zero-order chi connectivity index (χ0) is 23.5. The first kappa shape index (κ1) is 22.8. The van der Waals surface area contributed by atoms with Gasteiger partial charge >= 0.3 is 0 Å². The smallest absolute Gasteiger partial charge is 0.266 e. The highest BCUT2D eigenvalue weighted by atomic mass is 79.9. The molecule has 0 aliphatic carbocycles. The van der Waals surface area contributed by atoms with Crippen LogP contribution in [-0.2, 0) is 11.3 Å². The van der Waals surface area contributed by atoms with Crippen LogP contribution in [0, 0.1) is 25.2 Å². The van der Waals surface area contributed by atoms with E-state index in [-0.39, 0.29) is 5.57 Å². The maximum absolute atomic E-state index is 12.9. The highest BCUT2D eigenvalue weighted by molar-refractivity contribution is 9.10. The molecule has 1 amide bonds. The molecule has 0 aliphatic rings. The van der Waals surface area contributed by atoms with Crippen LogP contribution in [0.2, 0.25) is 5.02 Å². The first-order valence-electron chi connectivity index (χ1n) is 10.4. The van der Waals surface area contributed by atoms with Crippen molar-refractivity contribution >= 4 is 56.1 Å². The summed E-state index contributed by atoms with van der Waals surface area (Å²) in [6.07, 6.45) is 1.67. The summed E-state index contributed by atoms with van der Waals surface area (Å²) in [5.74, 6) is -0.466. The third-order valence-corrected chi connectivity index (χ3v) is 6.40. The van der Waals surface area contributed by atoms with Crippen LogP contribution in [0.15, 0.2) is 76.8 Å². The molecule has 0 spiro atoms. The Hall–Kier alpha value is -3.33. The number of aromatic nitrogens is 1. The van der Waals surface area contributed by atoms with Crippen LogP contribution in [0.25, 0.3) is 17.0 Å². The van der Waals surface area contributed by atoms with E-state index >= 15 is 0 Å². The topological polar surface area (TPSA) is 57.8 Å². The molecule has 33 heavy (non-hydrogen) atoms. The van der Waals surface area contributed by atoms with Crippen molar-refractivity contribution in [2.75, 3.05) is 5.32 Å². The number of fused-ring (bicyclic) bond motifs is 1. The maximum Gasteiger partial charge on any atom is 0.266 e. The van der Waals surface area contributed by atoms with Gasteiger partial charge in [-0.3, -0.25) is 4.79 Å². The number of para-hydroxylation sites is 1. The standard InChI is InChI=1S/C27H21BrClN3O/c1-17-7-12-22(29)14-25(17)31-27(33)20(15-30)13-24-18(2)32(26-6-4-3-5-23(24)26)16-19-8-10-21(28)11-9-19/h3-14H,16H2,1-2H3,(H,31,33)/b20-13+. The number of hydrogen-bond donors (Lipinski definition) is 1. The molecule has 1 N–H and O–H groups in total. The molecule has 0 saturated heterocycles. The number of nitriles is 1. The Morgan fingerprint density at radius 3 is 2.58 bits per heavy atom. The lowest BCUT2D eigenvalue weighted by Gasteiger charge is -2.09. The zero-order valence-electron chi connectivity index (χ0n) is 18.2. The Bertz CT molecular complexity index is 1430. The number of hydrogen-bond acceptors (Lipinski definition) is 2. The molecule has 0 unspecified atom stereocenters. The number of carbonyl (C=O) groups excluding carboxylic acids is 1. The molecule has 0 saturated carbocycles. The lowest BCUT2D eigenvalue weighted by molar-refractivity contribution is -0.112. The molecule has 0 bridgehead atoms. The van der Waals surface area contributed by atoms with E-state index in [1.54, 1.807) is 18.2 Å². The van der Waals surface area contributed by atoms with E-state index < -0.39 is 5.91 Å². The van der Waals surface area contributed by atoms with Crippen molar-refractivity contribution in [3.05, 3.63) is 104 Å². The number of nitrogens with one attached hydrogen (secondary N) is 1. The van der Waals surface area contributed by atoms with E-state index in [2.05, 4.69) is 50.1 Å². The van der Waals surface area contributed by atoms with E-state index in [0.717, 1.165) is 37.8 Å². The SMILES string of the molecule is Cc1ccc(Cl)cc1NC(=O)/C(C#N)=C/c1c(C)n(Cc2ccc(Br)cc2)c2ccccc12. The Morgan fingerprint density at radius 1 is 1.12 bits per heavy atom. The molecule has 4 nitrogen and oxygen atoms in total. The van der Waals surface area contributed by atoms with Crippen molar-refractivity contribution in [1.82, 2.24) is 4.57 Å². The van der Waals surface area contributed by atoms with Gasteiger partial charge in [-0.1, -0.05) is 63.9 Å². The molecule has 0 atom stereocenters. The largest absolute Gasteiger partial charge is 0.340 e. The molecule has 0 radical (unpaired) electrons. The summed E-state index contributed by atoms with van der Waals surface area (Å²) in [6, 6.07) is 23.6. The lowest BCUT2D eigenvalue weighted by atomic mass is 10.1. The highest BCUT2D eigenvalue weighted by Crippen LogP contribution is 2.29. The number of amides is 1. The molecule has 0 aliphatic heterocycles. The van der Waals surface area contributed by atoms with Gasteiger partial charge in [0.1, 0.15) is 11.6 Å². The summed E-state index contributed by atoms with van der Waals surface area (Å²) in [7, 11) is 0. The number of benzene rings is 3. The van der Waals surface area contributed by atoms with Crippen molar-refractivity contribution in [3.8, 4) is 6.07 Å². The fraction of sp³-hybridized carbons (Fsp3) is 0.111. The van der Waals surface area contributed by atoms with E-state index in [1.807, 2.05) is 50.2 Å². The van der Waals surface area contributed by atoms with E-state index in [4.69, 9.17) is 11.6 Å².